The van der Waals surface area contributed by atoms with E-state index >= 15 is 0 Å². The van der Waals surface area contributed by atoms with E-state index in [0.29, 0.717) is 19.1 Å². The molecule has 0 N–H and O–H groups in total. The molecule has 4 nitrogen and oxygen atoms in total. The van der Waals surface area contributed by atoms with Crippen LogP contribution in [0.15, 0.2) is 66.7 Å². The number of ether oxygens (including phenoxy) is 2. The Bertz CT molecular complexity index is 1180. The summed E-state index contributed by atoms with van der Waals surface area (Å²) in [4.78, 5) is 4.83. The molecule has 1 heterocycles. The number of benzene rings is 3. The summed E-state index contributed by atoms with van der Waals surface area (Å²) in [5.41, 5.74) is 5.83. The monoisotopic (exact) mass is 428 g/mol. The quantitative estimate of drug-likeness (QED) is 0.274. The molecule has 0 spiro atoms. The molecule has 4 rings (SSSR count). The van der Waals surface area contributed by atoms with Gasteiger partial charge in [0.2, 0.25) is 0 Å². The zero-order valence-corrected chi connectivity index (χ0v) is 19.5. The van der Waals surface area contributed by atoms with Gasteiger partial charge in [0, 0.05) is 6.54 Å². The molecule has 4 heteroatoms. The molecule has 0 aliphatic carbocycles. The molecule has 0 aliphatic heterocycles. The fourth-order valence-electron chi connectivity index (χ4n) is 3.92. The molecule has 0 saturated carbocycles. The number of aryl methyl sites for hydroxylation is 3. The van der Waals surface area contributed by atoms with Gasteiger partial charge in [-0.05, 0) is 67.6 Å². The number of fused-ring (bicyclic) bond motifs is 1. The van der Waals surface area contributed by atoms with Crippen molar-refractivity contribution >= 4 is 11.0 Å². The highest BCUT2D eigenvalue weighted by Crippen LogP contribution is 2.28. The van der Waals surface area contributed by atoms with Crippen molar-refractivity contribution < 1.29 is 9.47 Å². The molecular weight excluding hydrogens is 396 g/mol. The molecular formula is C28H32N2O2. The van der Waals surface area contributed by atoms with Crippen LogP contribution in [0.3, 0.4) is 0 Å². The van der Waals surface area contributed by atoms with Crippen molar-refractivity contribution in [1.29, 1.82) is 0 Å². The van der Waals surface area contributed by atoms with Crippen LogP contribution in [0.5, 0.6) is 11.5 Å². The molecule has 0 atom stereocenters. The van der Waals surface area contributed by atoms with Gasteiger partial charge in [0.1, 0.15) is 23.9 Å². The van der Waals surface area contributed by atoms with Gasteiger partial charge in [-0.2, -0.15) is 0 Å². The lowest BCUT2D eigenvalue weighted by molar-refractivity contribution is 0.279. The van der Waals surface area contributed by atoms with E-state index in [1.54, 1.807) is 0 Å². The minimum atomic E-state index is 0.438. The average Bonchev–Trinajstić information content (AvgIpc) is 3.13. The lowest BCUT2D eigenvalue weighted by Crippen LogP contribution is -2.10. The van der Waals surface area contributed by atoms with Crippen LogP contribution in [0.2, 0.25) is 0 Å². The van der Waals surface area contributed by atoms with Gasteiger partial charge in [-0.15, -0.1) is 0 Å². The highest BCUT2D eigenvalue weighted by Gasteiger charge is 2.12. The van der Waals surface area contributed by atoms with Crippen LogP contribution >= 0.6 is 0 Å². The third-order valence-electron chi connectivity index (χ3n) is 5.70. The Labute approximate surface area is 190 Å². The molecule has 3 aromatic carbocycles. The zero-order chi connectivity index (χ0) is 22.5. The molecule has 0 fully saturated rings. The predicted octanol–water partition coefficient (Wildman–Crippen LogP) is 6.82. The van der Waals surface area contributed by atoms with E-state index in [-0.39, 0.29) is 0 Å². The van der Waals surface area contributed by atoms with Crippen LogP contribution < -0.4 is 9.47 Å². The van der Waals surface area contributed by atoms with E-state index in [4.69, 9.17) is 14.5 Å². The third kappa shape index (κ3) is 5.13. The molecule has 4 aromatic rings. The third-order valence-corrected chi connectivity index (χ3v) is 5.70. The van der Waals surface area contributed by atoms with E-state index in [1.807, 2.05) is 18.2 Å². The summed E-state index contributed by atoms with van der Waals surface area (Å²) in [5.74, 6) is 3.23. The normalized spacial score (nSPS) is 11.3. The Balaban J connectivity index is 1.45. The summed E-state index contributed by atoms with van der Waals surface area (Å²) in [5, 5.41) is 0. The molecule has 0 saturated heterocycles. The van der Waals surface area contributed by atoms with E-state index in [2.05, 4.69) is 80.8 Å². The number of rotatable bonds is 9. The number of nitrogens with zero attached hydrogens (tertiary/aromatic N) is 2. The van der Waals surface area contributed by atoms with E-state index in [1.165, 1.54) is 16.7 Å². The average molecular weight is 429 g/mol. The van der Waals surface area contributed by atoms with E-state index in [9.17, 15) is 0 Å². The lowest BCUT2D eigenvalue weighted by Gasteiger charge is -2.15. The van der Waals surface area contributed by atoms with E-state index < -0.39 is 0 Å². The Kier molecular flexibility index (Phi) is 6.79. The molecule has 0 radical (unpaired) electrons. The smallest absolute Gasteiger partial charge is 0.147 e. The first-order valence-electron chi connectivity index (χ1n) is 11.4. The maximum absolute atomic E-state index is 6.21. The van der Waals surface area contributed by atoms with Gasteiger partial charge < -0.3 is 14.0 Å². The highest BCUT2D eigenvalue weighted by molar-refractivity contribution is 5.75. The Morgan fingerprint density at radius 2 is 1.62 bits per heavy atom. The Hall–Kier alpha value is -3.27. The van der Waals surface area contributed by atoms with Gasteiger partial charge in [-0.3, -0.25) is 0 Å². The van der Waals surface area contributed by atoms with Crippen molar-refractivity contribution in [3.63, 3.8) is 0 Å². The van der Waals surface area contributed by atoms with Crippen molar-refractivity contribution in [2.75, 3.05) is 6.61 Å². The summed E-state index contributed by atoms with van der Waals surface area (Å²) in [7, 11) is 0. The lowest BCUT2D eigenvalue weighted by atomic mass is 10.0. The van der Waals surface area contributed by atoms with Gasteiger partial charge in [0.05, 0.1) is 17.6 Å². The van der Waals surface area contributed by atoms with Crippen molar-refractivity contribution in [2.45, 2.75) is 53.2 Å². The summed E-state index contributed by atoms with van der Waals surface area (Å²) in [6.07, 6.45) is 0.892. The molecule has 32 heavy (non-hydrogen) atoms. The number of aromatic nitrogens is 2. The summed E-state index contributed by atoms with van der Waals surface area (Å²) >= 11 is 0. The second-order valence-electron chi connectivity index (χ2n) is 8.67. The minimum Gasteiger partial charge on any atom is -0.493 e. The predicted molar refractivity (Wildman–Crippen MR) is 131 cm³/mol. The SMILES string of the molecule is Cc1ccc(OCc2nc3ccccc3n2CCCOc2cc(C)ccc2C(C)C)cc1. The van der Waals surface area contributed by atoms with Crippen molar-refractivity contribution in [2.24, 2.45) is 0 Å². The number of imidazole rings is 1. The topological polar surface area (TPSA) is 36.3 Å². The minimum absolute atomic E-state index is 0.438. The largest absolute Gasteiger partial charge is 0.493 e. The maximum Gasteiger partial charge on any atom is 0.147 e. The van der Waals surface area contributed by atoms with Crippen molar-refractivity contribution in [3.8, 4) is 11.5 Å². The van der Waals surface area contributed by atoms with Gasteiger partial charge in [-0.25, -0.2) is 4.98 Å². The highest BCUT2D eigenvalue weighted by atomic mass is 16.5. The maximum atomic E-state index is 6.21. The van der Waals surface area contributed by atoms with E-state index in [0.717, 1.165) is 41.3 Å². The first kappa shape index (κ1) is 21.9. The molecule has 0 unspecified atom stereocenters. The van der Waals surface area contributed by atoms with Gasteiger partial charge in [0.15, 0.2) is 0 Å². The van der Waals surface area contributed by atoms with Crippen LogP contribution in [-0.4, -0.2) is 16.2 Å². The fraction of sp³-hybridized carbons (Fsp3) is 0.321. The molecule has 166 valence electrons. The van der Waals surface area contributed by atoms with Crippen LogP contribution in [0.1, 0.15) is 48.7 Å². The summed E-state index contributed by atoms with van der Waals surface area (Å²) in [6, 6.07) is 22.9. The Morgan fingerprint density at radius 1 is 0.875 bits per heavy atom. The van der Waals surface area contributed by atoms with Crippen LogP contribution in [0, 0.1) is 13.8 Å². The second kappa shape index (κ2) is 9.90. The molecule has 1 aromatic heterocycles. The Morgan fingerprint density at radius 3 is 2.41 bits per heavy atom. The first-order valence-corrected chi connectivity index (χ1v) is 11.4. The van der Waals surface area contributed by atoms with Crippen LogP contribution in [-0.2, 0) is 13.2 Å². The number of hydrogen-bond donors (Lipinski definition) is 0. The summed E-state index contributed by atoms with van der Waals surface area (Å²) < 4.78 is 14.5. The van der Waals surface area contributed by atoms with Crippen LogP contribution in [0.4, 0.5) is 0 Å². The molecule has 0 amide bonds. The second-order valence-corrected chi connectivity index (χ2v) is 8.67. The standard InChI is InChI=1S/C28H32N2O2/c1-20(2)24-15-12-22(4)18-27(24)31-17-7-16-30-26-9-6-5-8-25(26)29-28(30)19-32-23-13-10-21(3)11-14-23/h5-6,8-15,18,20H,7,16-17,19H2,1-4H3. The first-order chi connectivity index (χ1) is 15.5. The number of hydrogen-bond acceptors (Lipinski definition) is 3. The van der Waals surface area contributed by atoms with Crippen molar-refractivity contribution in [1.82, 2.24) is 9.55 Å². The molecule has 0 bridgehead atoms. The zero-order valence-electron chi connectivity index (χ0n) is 19.5. The van der Waals surface area contributed by atoms with Crippen molar-refractivity contribution in [3.05, 3.63) is 89.2 Å². The number of para-hydroxylation sites is 2. The molecule has 0 aliphatic rings. The summed E-state index contributed by atoms with van der Waals surface area (Å²) in [6.45, 7) is 10.5. The van der Waals surface area contributed by atoms with Crippen LogP contribution in [0.25, 0.3) is 11.0 Å². The van der Waals surface area contributed by atoms with Gasteiger partial charge >= 0.3 is 0 Å². The fourth-order valence-corrected chi connectivity index (χ4v) is 3.92. The van der Waals surface area contributed by atoms with Gasteiger partial charge in [0.25, 0.3) is 0 Å². The van der Waals surface area contributed by atoms with Gasteiger partial charge in [-0.1, -0.05) is 55.8 Å².